The summed E-state index contributed by atoms with van der Waals surface area (Å²) in [6, 6.07) is 4.62. The summed E-state index contributed by atoms with van der Waals surface area (Å²) in [6.07, 6.45) is 0.296. The Hall–Kier alpha value is -1.44. The number of benzene rings is 1. The molecule has 2 heterocycles. The number of nitrogens with one attached hydrogen (secondary N) is 2. The highest BCUT2D eigenvalue weighted by Crippen LogP contribution is 2.47. The highest BCUT2D eigenvalue weighted by atomic mass is 31.2. The van der Waals surface area contributed by atoms with Crippen molar-refractivity contribution in [1.29, 1.82) is 0 Å². The van der Waals surface area contributed by atoms with E-state index >= 15 is 0 Å². The molecule has 2 saturated heterocycles. The topological polar surface area (TPSA) is 61.4 Å². The van der Waals surface area contributed by atoms with E-state index in [1.54, 1.807) is 12.1 Å². The normalized spacial score (nSPS) is 29.3. The van der Waals surface area contributed by atoms with Crippen molar-refractivity contribution in [2.75, 3.05) is 32.0 Å². The molecule has 172 valence electrons. The molecule has 1 aromatic rings. The smallest absolute Gasteiger partial charge is 0.318 e. The van der Waals surface area contributed by atoms with Crippen molar-refractivity contribution >= 4 is 18.4 Å². The largest absolute Gasteiger partial charge is 0.401 e. The van der Waals surface area contributed by atoms with E-state index < -0.39 is 25.7 Å². The summed E-state index contributed by atoms with van der Waals surface area (Å²) in [5.41, 5.74) is 6.67. The first kappa shape index (κ1) is 22.7. The molecule has 3 atom stereocenters. The van der Waals surface area contributed by atoms with Crippen LogP contribution in [0.3, 0.4) is 0 Å². The summed E-state index contributed by atoms with van der Waals surface area (Å²) in [6.45, 7) is -0.946. The molecule has 3 fully saturated rings. The minimum Gasteiger partial charge on any atom is -0.318 e. The summed E-state index contributed by atoms with van der Waals surface area (Å²) in [5.74, 6) is -0.346. The molecule has 3 aliphatic rings. The zero-order chi connectivity index (χ0) is 22.2. The molecule has 0 spiro atoms. The molecule has 3 unspecified atom stereocenters. The van der Waals surface area contributed by atoms with Crippen LogP contribution in [0.1, 0.15) is 31.2 Å². The maximum absolute atomic E-state index is 14.6. The lowest BCUT2D eigenvalue weighted by Crippen LogP contribution is -2.60. The molecule has 0 bridgehead atoms. The fourth-order valence-corrected chi connectivity index (χ4v) is 8.05. The van der Waals surface area contributed by atoms with Gasteiger partial charge in [-0.25, -0.2) is 9.82 Å². The minimum absolute atomic E-state index is 0.0101. The number of nitrogens with zero attached hydrogens (tertiary/aromatic N) is 1. The van der Waals surface area contributed by atoms with Crippen LogP contribution in [0.15, 0.2) is 18.2 Å². The average molecular weight is 461 g/mol. The van der Waals surface area contributed by atoms with Crippen molar-refractivity contribution in [1.82, 2.24) is 15.8 Å². The summed E-state index contributed by atoms with van der Waals surface area (Å²) < 4.78 is 66.0. The summed E-state index contributed by atoms with van der Waals surface area (Å²) in [4.78, 5) is 13.4. The number of rotatable bonds is 4. The maximum atomic E-state index is 14.6. The Morgan fingerprint density at radius 2 is 1.84 bits per heavy atom. The molecule has 0 radical (unpaired) electrons. The lowest BCUT2D eigenvalue weighted by atomic mass is 9.72. The van der Waals surface area contributed by atoms with Gasteiger partial charge in [0.1, 0.15) is 13.0 Å². The lowest BCUT2D eigenvalue weighted by molar-refractivity contribution is -0.145. The predicted octanol–water partition coefficient (Wildman–Crippen LogP) is 3.04. The van der Waals surface area contributed by atoms with Gasteiger partial charge in [-0.1, -0.05) is 18.9 Å². The second kappa shape index (κ2) is 8.83. The van der Waals surface area contributed by atoms with Gasteiger partial charge in [0.25, 0.3) is 0 Å². The maximum Gasteiger partial charge on any atom is 0.401 e. The van der Waals surface area contributed by atoms with Gasteiger partial charge in [0, 0.05) is 42.7 Å². The van der Waals surface area contributed by atoms with Crippen molar-refractivity contribution in [3.63, 3.8) is 0 Å². The molecule has 10 heteroatoms. The van der Waals surface area contributed by atoms with Crippen LogP contribution in [-0.4, -0.2) is 55.0 Å². The molecule has 31 heavy (non-hydrogen) atoms. The third-order valence-electron chi connectivity index (χ3n) is 6.92. The average Bonchev–Trinajstić information content (AvgIpc) is 2.72. The van der Waals surface area contributed by atoms with E-state index in [2.05, 4.69) is 10.9 Å². The summed E-state index contributed by atoms with van der Waals surface area (Å²) >= 11 is 0. The Bertz CT molecular complexity index is 867. The number of halogens is 4. The van der Waals surface area contributed by atoms with E-state index in [1.165, 1.54) is 11.0 Å². The Morgan fingerprint density at radius 3 is 2.55 bits per heavy atom. The zero-order valence-electron chi connectivity index (χ0n) is 17.3. The monoisotopic (exact) mass is 461 g/mol. The Labute approximate surface area is 179 Å². The van der Waals surface area contributed by atoms with E-state index in [0.717, 1.165) is 31.2 Å². The number of hydrogen-bond donors (Lipinski definition) is 2. The zero-order valence-corrected chi connectivity index (χ0v) is 18.2. The van der Waals surface area contributed by atoms with Gasteiger partial charge in [-0.2, -0.15) is 13.2 Å². The third kappa shape index (κ3) is 5.15. The van der Waals surface area contributed by atoms with Crippen LogP contribution in [-0.2, 0) is 15.8 Å². The van der Waals surface area contributed by atoms with Crippen LogP contribution in [0.4, 0.5) is 17.6 Å². The molecule has 1 saturated carbocycles. The van der Waals surface area contributed by atoms with E-state index in [4.69, 9.17) is 0 Å². The highest BCUT2D eigenvalue weighted by molar-refractivity contribution is 7.71. The molecule has 1 aromatic carbocycles. The Balaban J connectivity index is 1.48. The fourth-order valence-electron chi connectivity index (χ4n) is 5.27. The summed E-state index contributed by atoms with van der Waals surface area (Å²) in [7, 11) is -3.10. The molecule has 2 N–H and O–H groups in total. The predicted molar refractivity (Wildman–Crippen MR) is 110 cm³/mol. The SMILES string of the molecule is O=C1NNC(Cc2ccc(F)c(P3(=O)CCN(CC(F)(F)F)CC3)c2)C2CCCCC12. The number of alkyl halides is 3. The van der Waals surface area contributed by atoms with Gasteiger partial charge in [-0.15, -0.1) is 0 Å². The number of carbonyl (C=O) groups is 1. The summed E-state index contributed by atoms with van der Waals surface area (Å²) in [5, 5.41) is 0.150. The van der Waals surface area contributed by atoms with Gasteiger partial charge in [-0.3, -0.25) is 15.1 Å². The van der Waals surface area contributed by atoms with Crippen molar-refractivity contribution in [2.45, 2.75) is 44.3 Å². The van der Waals surface area contributed by atoms with E-state index in [9.17, 15) is 26.9 Å². The van der Waals surface area contributed by atoms with Crippen molar-refractivity contribution in [3.05, 3.63) is 29.6 Å². The molecule has 1 aliphatic carbocycles. The van der Waals surface area contributed by atoms with Crippen LogP contribution >= 0.6 is 7.14 Å². The Kier molecular flexibility index (Phi) is 6.48. The van der Waals surface area contributed by atoms with Crippen molar-refractivity contribution in [2.24, 2.45) is 11.8 Å². The Morgan fingerprint density at radius 1 is 1.13 bits per heavy atom. The molecule has 4 rings (SSSR count). The van der Waals surface area contributed by atoms with Crippen molar-refractivity contribution < 1.29 is 26.9 Å². The molecule has 0 aromatic heterocycles. The molecular formula is C21H28F4N3O2P. The van der Waals surface area contributed by atoms with Crippen LogP contribution < -0.4 is 16.2 Å². The molecular weight excluding hydrogens is 433 g/mol. The first-order valence-corrected chi connectivity index (χ1v) is 12.9. The lowest BCUT2D eigenvalue weighted by Gasteiger charge is -2.41. The van der Waals surface area contributed by atoms with Crippen LogP contribution in [0.25, 0.3) is 0 Å². The number of amides is 1. The number of fused-ring (bicyclic) bond motifs is 1. The fraction of sp³-hybridized carbons (Fsp3) is 0.667. The van der Waals surface area contributed by atoms with Gasteiger partial charge in [0.05, 0.1) is 6.54 Å². The van der Waals surface area contributed by atoms with Gasteiger partial charge in [-0.05, 0) is 42.9 Å². The third-order valence-corrected chi connectivity index (χ3v) is 9.98. The minimum atomic E-state index is -4.30. The number of hydrazine groups is 1. The van der Waals surface area contributed by atoms with E-state index in [-0.39, 0.29) is 54.5 Å². The standard InChI is InChI=1S/C21H28F4N3O2P/c22-17-6-5-14(11-18-15-3-1-2-4-16(15)20(29)27-26-18)12-19(17)31(30)9-7-28(8-10-31)13-21(23,24)25/h5-6,12,15-16,18,26H,1-4,7-11,13H2,(H,27,29). The van der Waals surface area contributed by atoms with Crippen molar-refractivity contribution in [3.8, 4) is 0 Å². The van der Waals surface area contributed by atoms with Gasteiger partial charge < -0.3 is 4.57 Å². The quantitative estimate of drug-likeness (QED) is 0.535. The first-order valence-electron chi connectivity index (χ1n) is 10.9. The van der Waals surface area contributed by atoms with E-state index in [0.29, 0.717) is 6.42 Å². The first-order chi connectivity index (χ1) is 14.6. The number of hydrogen-bond acceptors (Lipinski definition) is 4. The van der Waals surface area contributed by atoms with Crippen LogP contribution in [0, 0.1) is 17.7 Å². The molecule has 1 amide bonds. The van der Waals surface area contributed by atoms with E-state index in [1.807, 2.05) is 0 Å². The van der Waals surface area contributed by atoms with Gasteiger partial charge >= 0.3 is 6.18 Å². The second-order valence-corrected chi connectivity index (χ2v) is 12.2. The van der Waals surface area contributed by atoms with Crippen LogP contribution in [0.5, 0.6) is 0 Å². The van der Waals surface area contributed by atoms with Gasteiger partial charge in [0.15, 0.2) is 0 Å². The molecule has 2 aliphatic heterocycles. The van der Waals surface area contributed by atoms with Gasteiger partial charge in [0.2, 0.25) is 5.91 Å². The number of carbonyl (C=O) groups excluding carboxylic acids is 1. The molecule has 5 nitrogen and oxygen atoms in total. The highest BCUT2D eigenvalue weighted by Gasteiger charge is 2.41. The second-order valence-electron chi connectivity index (χ2n) is 9.01. The van der Waals surface area contributed by atoms with Crippen LogP contribution in [0.2, 0.25) is 0 Å².